The fraction of sp³-hybridized carbons (Fsp3) is 0.192. The second-order valence-electron chi connectivity index (χ2n) is 7.62. The molecule has 1 atom stereocenters. The van der Waals surface area contributed by atoms with Crippen LogP contribution in [0.25, 0.3) is 5.57 Å². The number of hydrogen-bond acceptors (Lipinski definition) is 2. The Labute approximate surface area is 178 Å². The van der Waals surface area contributed by atoms with Crippen molar-refractivity contribution in [1.82, 2.24) is 4.90 Å². The number of amides is 2. The molecule has 2 amide bonds. The smallest absolute Gasteiger partial charge is 0.325 e. The Morgan fingerprint density at radius 3 is 2.30 bits per heavy atom. The molecular formula is C26H26N2O2. The molecule has 1 heterocycles. The van der Waals surface area contributed by atoms with Crippen molar-refractivity contribution >= 4 is 17.3 Å². The van der Waals surface area contributed by atoms with Gasteiger partial charge in [0.05, 0.1) is 13.2 Å². The van der Waals surface area contributed by atoms with Gasteiger partial charge in [0.25, 0.3) is 0 Å². The van der Waals surface area contributed by atoms with Crippen LogP contribution >= 0.6 is 0 Å². The summed E-state index contributed by atoms with van der Waals surface area (Å²) in [4.78, 5) is 17.2. The molecule has 30 heavy (non-hydrogen) atoms. The van der Waals surface area contributed by atoms with E-state index in [1.165, 1.54) is 5.56 Å². The van der Waals surface area contributed by atoms with Crippen LogP contribution in [0.15, 0.2) is 85.4 Å². The van der Waals surface area contributed by atoms with Gasteiger partial charge in [0.1, 0.15) is 5.75 Å². The van der Waals surface area contributed by atoms with Gasteiger partial charge in [0.2, 0.25) is 0 Å². The molecule has 0 aliphatic carbocycles. The quantitative estimate of drug-likeness (QED) is 0.547. The van der Waals surface area contributed by atoms with Crippen molar-refractivity contribution in [2.24, 2.45) is 0 Å². The van der Waals surface area contributed by atoms with Crippen LogP contribution in [0.5, 0.6) is 5.75 Å². The van der Waals surface area contributed by atoms with Crippen LogP contribution in [0.2, 0.25) is 0 Å². The molecule has 4 heteroatoms. The number of rotatable bonds is 6. The Hall–Kier alpha value is -3.53. The second-order valence-corrected chi connectivity index (χ2v) is 7.62. The van der Waals surface area contributed by atoms with E-state index in [0.717, 1.165) is 28.1 Å². The molecule has 0 aromatic heterocycles. The van der Waals surface area contributed by atoms with Gasteiger partial charge in [0.15, 0.2) is 0 Å². The van der Waals surface area contributed by atoms with E-state index in [9.17, 15) is 4.79 Å². The summed E-state index contributed by atoms with van der Waals surface area (Å²) in [5.41, 5.74) is 5.17. The fourth-order valence-electron chi connectivity index (χ4n) is 3.84. The number of aryl methyl sites for hydroxylation is 1. The van der Waals surface area contributed by atoms with E-state index in [4.69, 9.17) is 4.74 Å². The van der Waals surface area contributed by atoms with E-state index in [-0.39, 0.29) is 12.1 Å². The highest BCUT2D eigenvalue weighted by Gasteiger charge is 2.39. The summed E-state index contributed by atoms with van der Waals surface area (Å²) in [5, 5.41) is 0. The van der Waals surface area contributed by atoms with Gasteiger partial charge in [-0.2, -0.15) is 0 Å². The first kappa shape index (κ1) is 19.8. The Balaban J connectivity index is 1.63. The minimum atomic E-state index is -0.124. The summed E-state index contributed by atoms with van der Waals surface area (Å²) in [7, 11) is 1.65. The maximum absolute atomic E-state index is 13.4. The number of nitrogens with zero attached hydrogens (tertiary/aromatic N) is 2. The van der Waals surface area contributed by atoms with Crippen LogP contribution in [0.3, 0.4) is 0 Å². The molecule has 3 aromatic carbocycles. The molecule has 3 aromatic rings. The standard InChI is InChI=1S/C26H26N2O2/c1-19-9-13-22(14-10-19)20(2)25-18-27(17-21-11-15-24(30-3)16-12-21)26(29)28(25)23-7-5-4-6-8-23/h4-16,25H,2,17-18H2,1,3H3. The van der Waals surface area contributed by atoms with Crippen LogP contribution in [0.4, 0.5) is 10.5 Å². The van der Waals surface area contributed by atoms with Gasteiger partial charge in [-0.15, -0.1) is 0 Å². The van der Waals surface area contributed by atoms with E-state index < -0.39 is 0 Å². The average molecular weight is 399 g/mol. The zero-order valence-corrected chi connectivity index (χ0v) is 17.4. The van der Waals surface area contributed by atoms with Crippen LogP contribution in [-0.4, -0.2) is 30.6 Å². The van der Waals surface area contributed by atoms with Crippen molar-refractivity contribution in [1.29, 1.82) is 0 Å². The highest BCUT2D eigenvalue weighted by Crippen LogP contribution is 2.33. The van der Waals surface area contributed by atoms with Crippen molar-refractivity contribution in [3.8, 4) is 5.75 Å². The van der Waals surface area contributed by atoms with Gasteiger partial charge < -0.3 is 9.64 Å². The topological polar surface area (TPSA) is 32.8 Å². The molecule has 0 radical (unpaired) electrons. The maximum Gasteiger partial charge on any atom is 0.325 e. The highest BCUT2D eigenvalue weighted by molar-refractivity contribution is 5.98. The predicted octanol–water partition coefficient (Wildman–Crippen LogP) is 5.53. The first-order chi connectivity index (χ1) is 14.6. The molecule has 0 N–H and O–H groups in total. The minimum Gasteiger partial charge on any atom is -0.497 e. The number of para-hydroxylation sites is 1. The molecule has 1 saturated heterocycles. The summed E-state index contributed by atoms with van der Waals surface area (Å²) >= 11 is 0. The molecule has 4 nitrogen and oxygen atoms in total. The van der Waals surface area contributed by atoms with Gasteiger partial charge in [-0.05, 0) is 47.9 Å². The zero-order chi connectivity index (χ0) is 21.1. The van der Waals surface area contributed by atoms with Crippen molar-refractivity contribution in [3.05, 3.63) is 102 Å². The number of methoxy groups -OCH3 is 1. The number of carbonyl (C=O) groups excluding carboxylic acids is 1. The number of carbonyl (C=O) groups is 1. The zero-order valence-electron chi connectivity index (χ0n) is 17.4. The van der Waals surface area contributed by atoms with Crippen molar-refractivity contribution < 1.29 is 9.53 Å². The maximum atomic E-state index is 13.4. The molecule has 1 aliphatic heterocycles. The van der Waals surface area contributed by atoms with Crippen molar-refractivity contribution in [2.45, 2.75) is 19.5 Å². The number of benzene rings is 3. The third kappa shape index (κ3) is 3.94. The summed E-state index contributed by atoms with van der Waals surface area (Å²) in [6.45, 7) is 7.58. The Bertz CT molecular complexity index is 1030. The summed E-state index contributed by atoms with van der Waals surface area (Å²) in [6.07, 6.45) is 0. The lowest BCUT2D eigenvalue weighted by Gasteiger charge is -2.25. The molecule has 0 spiro atoms. The largest absolute Gasteiger partial charge is 0.497 e. The van der Waals surface area contributed by atoms with Crippen molar-refractivity contribution in [2.75, 3.05) is 18.6 Å². The second kappa shape index (κ2) is 8.46. The van der Waals surface area contributed by atoms with Crippen molar-refractivity contribution in [3.63, 3.8) is 0 Å². The van der Waals surface area contributed by atoms with Crippen LogP contribution in [0, 0.1) is 6.92 Å². The Morgan fingerprint density at radius 2 is 1.67 bits per heavy atom. The third-order valence-corrected chi connectivity index (χ3v) is 5.57. The summed E-state index contributed by atoms with van der Waals surface area (Å²) in [5.74, 6) is 0.808. The number of ether oxygens (including phenoxy) is 1. The fourth-order valence-corrected chi connectivity index (χ4v) is 3.84. The average Bonchev–Trinajstić information content (AvgIpc) is 3.11. The molecule has 1 aliphatic rings. The molecule has 0 saturated carbocycles. The van der Waals surface area contributed by atoms with Crippen LogP contribution in [-0.2, 0) is 6.54 Å². The molecule has 1 unspecified atom stereocenters. The monoisotopic (exact) mass is 398 g/mol. The lowest BCUT2D eigenvalue weighted by atomic mass is 9.98. The Kier molecular flexibility index (Phi) is 5.57. The van der Waals surface area contributed by atoms with E-state index in [0.29, 0.717) is 13.1 Å². The van der Waals surface area contributed by atoms with Gasteiger partial charge in [-0.25, -0.2) is 4.79 Å². The lowest BCUT2D eigenvalue weighted by Crippen LogP contribution is -2.35. The third-order valence-electron chi connectivity index (χ3n) is 5.57. The SMILES string of the molecule is C=C(c1ccc(C)cc1)C1CN(Cc2ccc(OC)cc2)C(=O)N1c1ccccc1. The normalized spacial score (nSPS) is 16.1. The summed E-state index contributed by atoms with van der Waals surface area (Å²) in [6, 6.07) is 25.9. The van der Waals surface area contributed by atoms with E-state index in [2.05, 4.69) is 37.8 Å². The predicted molar refractivity (Wildman–Crippen MR) is 122 cm³/mol. The summed E-state index contributed by atoms with van der Waals surface area (Å²) < 4.78 is 5.24. The molecule has 0 bridgehead atoms. The van der Waals surface area contributed by atoms with Gasteiger partial charge in [-0.3, -0.25) is 4.90 Å². The lowest BCUT2D eigenvalue weighted by molar-refractivity contribution is 0.218. The Morgan fingerprint density at radius 1 is 1.00 bits per heavy atom. The number of hydrogen-bond donors (Lipinski definition) is 0. The van der Waals surface area contributed by atoms with Gasteiger partial charge >= 0.3 is 6.03 Å². The van der Waals surface area contributed by atoms with E-state index in [1.54, 1.807) is 7.11 Å². The first-order valence-corrected chi connectivity index (χ1v) is 10.1. The van der Waals surface area contributed by atoms with E-state index in [1.807, 2.05) is 64.4 Å². The van der Waals surface area contributed by atoms with Crippen LogP contribution in [0.1, 0.15) is 16.7 Å². The molecular weight excluding hydrogens is 372 g/mol. The number of anilines is 1. The highest BCUT2D eigenvalue weighted by atomic mass is 16.5. The van der Waals surface area contributed by atoms with Crippen LogP contribution < -0.4 is 9.64 Å². The molecule has 1 fully saturated rings. The first-order valence-electron chi connectivity index (χ1n) is 10.1. The molecule has 4 rings (SSSR count). The minimum absolute atomic E-state index is 0.00437. The van der Waals surface area contributed by atoms with E-state index >= 15 is 0 Å². The van der Waals surface area contributed by atoms with Gasteiger partial charge in [0, 0.05) is 18.8 Å². The molecule has 152 valence electrons. The number of urea groups is 1. The van der Waals surface area contributed by atoms with Gasteiger partial charge in [-0.1, -0.05) is 66.7 Å².